The lowest BCUT2D eigenvalue weighted by molar-refractivity contribution is -0.136. The average molecular weight is 251 g/mol. The van der Waals surface area contributed by atoms with Gasteiger partial charge in [0.2, 0.25) is 11.8 Å². The number of carbonyl (C=O) groups excluding carboxylic acids is 2. The van der Waals surface area contributed by atoms with Gasteiger partial charge in [-0.1, -0.05) is 25.1 Å². The van der Waals surface area contributed by atoms with Gasteiger partial charge in [0.15, 0.2) is 5.82 Å². The Morgan fingerprint density at radius 3 is 2.83 bits per heavy atom. The van der Waals surface area contributed by atoms with Crippen LogP contribution in [0.4, 0.5) is 5.82 Å². The molecule has 1 N–H and O–H groups in total. The van der Waals surface area contributed by atoms with Crippen molar-refractivity contribution in [2.75, 3.05) is 18.4 Å². The number of anilines is 1. The Morgan fingerprint density at radius 1 is 1.61 bits per heavy atom. The molecule has 0 saturated heterocycles. The van der Waals surface area contributed by atoms with Crippen molar-refractivity contribution in [3.8, 4) is 0 Å². The van der Waals surface area contributed by atoms with Gasteiger partial charge < -0.3 is 14.7 Å². The van der Waals surface area contributed by atoms with E-state index in [0.717, 1.165) is 0 Å². The maximum atomic E-state index is 11.8. The van der Waals surface area contributed by atoms with Gasteiger partial charge in [-0.05, 0) is 0 Å². The highest BCUT2D eigenvalue weighted by Crippen LogP contribution is 2.04. The predicted molar refractivity (Wildman–Crippen MR) is 66.7 cm³/mol. The van der Waals surface area contributed by atoms with Crippen LogP contribution in [0.1, 0.15) is 13.8 Å². The second-order valence-corrected chi connectivity index (χ2v) is 4.09. The van der Waals surface area contributed by atoms with E-state index in [-0.39, 0.29) is 24.3 Å². The van der Waals surface area contributed by atoms with E-state index < -0.39 is 0 Å². The largest absolute Gasteiger partial charge is 0.363 e. The number of amides is 2. The van der Waals surface area contributed by atoms with Gasteiger partial charge in [0, 0.05) is 18.5 Å². The minimum Gasteiger partial charge on any atom is -0.363 e. The molecule has 0 aromatic carbocycles. The van der Waals surface area contributed by atoms with Gasteiger partial charge in [0.25, 0.3) is 0 Å². The molecule has 0 aliphatic rings. The number of aromatic nitrogens is 1. The van der Waals surface area contributed by atoms with Crippen LogP contribution in [-0.2, 0) is 9.59 Å². The fourth-order valence-electron chi connectivity index (χ4n) is 1.39. The normalized spacial score (nSPS) is 10.2. The minimum atomic E-state index is -0.320. The molecule has 0 unspecified atom stereocenters. The molecule has 0 aliphatic carbocycles. The van der Waals surface area contributed by atoms with Crippen LogP contribution >= 0.6 is 0 Å². The van der Waals surface area contributed by atoms with Crippen LogP contribution in [-0.4, -0.2) is 35.0 Å². The van der Waals surface area contributed by atoms with E-state index in [9.17, 15) is 9.59 Å². The summed E-state index contributed by atoms with van der Waals surface area (Å²) < 4.78 is 4.59. The summed E-state index contributed by atoms with van der Waals surface area (Å²) in [6.45, 7) is 7.45. The van der Waals surface area contributed by atoms with Gasteiger partial charge in [-0.15, -0.1) is 6.58 Å². The first-order valence-electron chi connectivity index (χ1n) is 5.64. The van der Waals surface area contributed by atoms with E-state index in [1.807, 2.05) is 0 Å². The summed E-state index contributed by atoms with van der Waals surface area (Å²) in [5.41, 5.74) is 0. The van der Waals surface area contributed by atoms with Crippen molar-refractivity contribution in [1.29, 1.82) is 0 Å². The Balaban J connectivity index is 2.57. The Labute approximate surface area is 106 Å². The van der Waals surface area contributed by atoms with E-state index in [0.29, 0.717) is 12.4 Å². The van der Waals surface area contributed by atoms with Gasteiger partial charge in [0.1, 0.15) is 12.8 Å². The molecule has 1 rings (SSSR count). The summed E-state index contributed by atoms with van der Waals surface area (Å²) in [6.07, 6.45) is 2.94. The van der Waals surface area contributed by atoms with Crippen LogP contribution in [0.2, 0.25) is 0 Å². The number of hydrogen-bond acceptors (Lipinski definition) is 4. The van der Waals surface area contributed by atoms with Gasteiger partial charge in [0.05, 0.1) is 0 Å². The monoisotopic (exact) mass is 251 g/mol. The van der Waals surface area contributed by atoms with Crippen LogP contribution in [0.15, 0.2) is 29.5 Å². The van der Waals surface area contributed by atoms with E-state index in [1.54, 1.807) is 19.9 Å². The first-order valence-corrected chi connectivity index (χ1v) is 5.64. The second-order valence-electron chi connectivity index (χ2n) is 4.09. The molecule has 98 valence electrons. The van der Waals surface area contributed by atoms with Crippen molar-refractivity contribution >= 4 is 17.6 Å². The Bertz CT molecular complexity index is 412. The SMILES string of the molecule is C=CCN(CC(=O)Nc1ccon1)C(=O)C(C)C. The number of nitrogens with zero attached hydrogens (tertiary/aromatic N) is 2. The highest BCUT2D eigenvalue weighted by atomic mass is 16.5. The standard InChI is InChI=1S/C12H17N3O3/c1-4-6-15(12(17)9(2)3)8-11(16)13-10-5-7-18-14-10/h4-5,7,9H,1,6,8H2,2-3H3,(H,13,14,16). The van der Waals surface area contributed by atoms with E-state index in [1.165, 1.54) is 17.2 Å². The molecule has 0 bridgehead atoms. The number of rotatable bonds is 6. The summed E-state index contributed by atoms with van der Waals surface area (Å²) in [7, 11) is 0. The zero-order valence-corrected chi connectivity index (χ0v) is 10.5. The van der Waals surface area contributed by atoms with E-state index in [2.05, 4.69) is 21.6 Å². The molecule has 1 heterocycles. The van der Waals surface area contributed by atoms with Crippen LogP contribution in [0.25, 0.3) is 0 Å². The van der Waals surface area contributed by atoms with Crippen molar-refractivity contribution in [1.82, 2.24) is 10.1 Å². The van der Waals surface area contributed by atoms with Crippen LogP contribution in [0.3, 0.4) is 0 Å². The van der Waals surface area contributed by atoms with E-state index in [4.69, 9.17) is 0 Å². The molecule has 0 aliphatic heterocycles. The number of hydrogen-bond donors (Lipinski definition) is 1. The summed E-state index contributed by atoms with van der Waals surface area (Å²) in [6, 6.07) is 1.53. The average Bonchev–Trinajstić information content (AvgIpc) is 2.80. The first-order chi connectivity index (χ1) is 8.54. The van der Waals surface area contributed by atoms with Gasteiger partial charge in [-0.3, -0.25) is 9.59 Å². The highest BCUT2D eigenvalue weighted by Gasteiger charge is 2.19. The summed E-state index contributed by atoms with van der Waals surface area (Å²) in [5.74, 6) is -0.245. The first kappa shape index (κ1) is 14.0. The summed E-state index contributed by atoms with van der Waals surface area (Å²) in [5, 5.41) is 6.09. The maximum absolute atomic E-state index is 11.8. The molecule has 2 amide bonds. The van der Waals surface area contributed by atoms with Gasteiger partial charge in [-0.25, -0.2) is 0 Å². The topological polar surface area (TPSA) is 75.4 Å². The van der Waals surface area contributed by atoms with Crippen molar-refractivity contribution < 1.29 is 14.1 Å². The molecule has 0 radical (unpaired) electrons. The van der Waals surface area contributed by atoms with Crippen molar-refractivity contribution in [3.63, 3.8) is 0 Å². The predicted octanol–water partition coefficient (Wildman–Crippen LogP) is 1.28. The van der Waals surface area contributed by atoms with Gasteiger partial charge in [-0.2, -0.15) is 0 Å². The molecule has 0 spiro atoms. The molecular weight excluding hydrogens is 234 g/mol. The number of carbonyl (C=O) groups is 2. The Morgan fingerprint density at radius 2 is 2.33 bits per heavy atom. The molecule has 0 saturated carbocycles. The van der Waals surface area contributed by atoms with Crippen molar-refractivity contribution in [3.05, 3.63) is 25.0 Å². The zero-order valence-electron chi connectivity index (χ0n) is 10.5. The maximum Gasteiger partial charge on any atom is 0.245 e. The van der Waals surface area contributed by atoms with Crippen LogP contribution < -0.4 is 5.32 Å². The molecule has 18 heavy (non-hydrogen) atoms. The van der Waals surface area contributed by atoms with Crippen LogP contribution in [0.5, 0.6) is 0 Å². The quantitative estimate of drug-likeness (QED) is 0.773. The Hall–Kier alpha value is -2.11. The fraction of sp³-hybridized carbons (Fsp3) is 0.417. The second kappa shape index (κ2) is 6.58. The molecule has 1 aromatic rings. The third kappa shape index (κ3) is 4.04. The smallest absolute Gasteiger partial charge is 0.245 e. The molecule has 6 nitrogen and oxygen atoms in total. The molecule has 6 heteroatoms. The summed E-state index contributed by atoms with van der Waals surface area (Å²) >= 11 is 0. The Kier molecular flexibility index (Phi) is 5.10. The van der Waals surface area contributed by atoms with Crippen molar-refractivity contribution in [2.24, 2.45) is 5.92 Å². The minimum absolute atomic E-state index is 0.0319. The lowest BCUT2D eigenvalue weighted by Gasteiger charge is -2.22. The van der Waals surface area contributed by atoms with Gasteiger partial charge >= 0.3 is 0 Å². The number of nitrogens with one attached hydrogen (secondary N) is 1. The fourth-order valence-corrected chi connectivity index (χ4v) is 1.39. The third-order valence-electron chi connectivity index (χ3n) is 2.19. The molecule has 0 atom stereocenters. The highest BCUT2D eigenvalue weighted by molar-refractivity contribution is 5.94. The molecular formula is C12H17N3O3. The summed E-state index contributed by atoms with van der Waals surface area (Å²) in [4.78, 5) is 25.0. The lowest BCUT2D eigenvalue weighted by atomic mass is 10.2. The zero-order chi connectivity index (χ0) is 13.5. The molecule has 1 aromatic heterocycles. The van der Waals surface area contributed by atoms with Crippen LogP contribution in [0, 0.1) is 5.92 Å². The van der Waals surface area contributed by atoms with Crippen molar-refractivity contribution in [2.45, 2.75) is 13.8 Å². The molecule has 0 fully saturated rings. The third-order valence-corrected chi connectivity index (χ3v) is 2.19. The van der Waals surface area contributed by atoms with E-state index >= 15 is 0 Å². The lowest BCUT2D eigenvalue weighted by Crippen LogP contribution is -2.40.